The topological polar surface area (TPSA) is 29.1 Å². The van der Waals surface area contributed by atoms with Crippen LogP contribution in [0.25, 0.3) is 0 Å². The molecule has 0 aliphatic rings. The molecule has 1 N–H and O–H groups in total. The van der Waals surface area contributed by atoms with Crippen molar-refractivity contribution in [2.24, 2.45) is 0 Å². The molecule has 1 amide bonds. The van der Waals surface area contributed by atoms with Gasteiger partial charge in [-0.15, -0.1) is 11.3 Å². The molecule has 1 aromatic rings. The molecule has 2 nitrogen and oxygen atoms in total. The van der Waals surface area contributed by atoms with Gasteiger partial charge in [0, 0.05) is 10.0 Å². The fourth-order valence-corrected chi connectivity index (χ4v) is 3.45. The summed E-state index contributed by atoms with van der Waals surface area (Å²) in [5.41, 5.74) is -0.144. The summed E-state index contributed by atoms with van der Waals surface area (Å²) in [5.74, 6) is -0.00477. The normalized spacial score (nSPS) is 11.6. The van der Waals surface area contributed by atoms with Gasteiger partial charge in [-0.05, 0) is 58.2 Å². The number of nitrogens with one attached hydrogen (secondary N) is 1. The van der Waals surface area contributed by atoms with Crippen LogP contribution in [0.3, 0.4) is 0 Å². The van der Waals surface area contributed by atoms with E-state index in [-0.39, 0.29) is 11.4 Å². The van der Waals surface area contributed by atoms with E-state index in [0.29, 0.717) is 0 Å². The Balaban J connectivity index is 2.72. The molecule has 1 rings (SSSR count). The molecular weight excluding hydrogens is 354 g/mol. The Bertz CT molecular complexity index is 368. The molecular formula is C11H15Br2NOS. The Morgan fingerprint density at radius 3 is 2.56 bits per heavy atom. The third kappa shape index (κ3) is 3.86. The average molecular weight is 369 g/mol. The van der Waals surface area contributed by atoms with Gasteiger partial charge in [0.15, 0.2) is 0 Å². The number of carbonyl (C=O) groups is 1. The van der Waals surface area contributed by atoms with Crippen LogP contribution in [0.4, 0.5) is 0 Å². The number of halogens is 2. The van der Waals surface area contributed by atoms with Crippen molar-refractivity contribution < 1.29 is 4.79 Å². The number of rotatable bonds is 4. The standard InChI is InChI=1S/C11H15Br2NOS/c1-4-5-11(2,3)14-10(15)8-6-7(12)9(13)16-8/h6H,4-5H2,1-3H3,(H,14,15). The first-order valence-corrected chi connectivity index (χ1v) is 7.53. The summed E-state index contributed by atoms with van der Waals surface area (Å²) in [4.78, 5) is 12.7. The molecule has 0 saturated carbocycles. The van der Waals surface area contributed by atoms with Crippen molar-refractivity contribution >= 4 is 49.1 Å². The zero-order valence-corrected chi connectivity index (χ0v) is 13.6. The first-order valence-electron chi connectivity index (χ1n) is 5.13. The zero-order chi connectivity index (χ0) is 12.3. The van der Waals surface area contributed by atoms with E-state index in [0.717, 1.165) is 26.0 Å². The van der Waals surface area contributed by atoms with Crippen molar-refractivity contribution in [3.63, 3.8) is 0 Å². The van der Waals surface area contributed by atoms with E-state index in [1.165, 1.54) is 11.3 Å². The zero-order valence-electron chi connectivity index (χ0n) is 9.56. The van der Waals surface area contributed by atoms with E-state index in [1.807, 2.05) is 19.9 Å². The summed E-state index contributed by atoms with van der Waals surface area (Å²) in [6.45, 7) is 6.21. The van der Waals surface area contributed by atoms with E-state index in [2.05, 4.69) is 44.1 Å². The lowest BCUT2D eigenvalue weighted by Gasteiger charge is -2.25. The van der Waals surface area contributed by atoms with E-state index in [4.69, 9.17) is 0 Å². The van der Waals surface area contributed by atoms with Crippen molar-refractivity contribution in [3.05, 3.63) is 19.2 Å². The minimum atomic E-state index is -0.144. The van der Waals surface area contributed by atoms with Crippen LogP contribution in [0.2, 0.25) is 0 Å². The van der Waals surface area contributed by atoms with Gasteiger partial charge in [-0.1, -0.05) is 13.3 Å². The van der Waals surface area contributed by atoms with E-state index in [1.54, 1.807) is 0 Å². The minimum Gasteiger partial charge on any atom is -0.346 e. The molecule has 0 radical (unpaired) electrons. The van der Waals surface area contributed by atoms with Crippen LogP contribution in [0.5, 0.6) is 0 Å². The van der Waals surface area contributed by atoms with Gasteiger partial charge < -0.3 is 5.32 Å². The largest absolute Gasteiger partial charge is 0.346 e. The summed E-state index contributed by atoms with van der Waals surface area (Å²) in [6.07, 6.45) is 2.04. The Morgan fingerprint density at radius 2 is 2.12 bits per heavy atom. The smallest absolute Gasteiger partial charge is 0.261 e. The number of thiophene rings is 1. The minimum absolute atomic E-state index is 0.00477. The fraction of sp³-hybridized carbons (Fsp3) is 0.545. The molecule has 1 aromatic heterocycles. The summed E-state index contributed by atoms with van der Waals surface area (Å²) in [7, 11) is 0. The Morgan fingerprint density at radius 1 is 1.50 bits per heavy atom. The highest BCUT2D eigenvalue weighted by Crippen LogP contribution is 2.32. The van der Waals surface area contributed by atoms with Gasteiger partial charge in [-0.3, -0.25) is 4.79 Å². The monoisotopic (exact) mass is 367 g/mol. The van der Waals surface area contributed by atoms with Crippen LogP contribution in [0.1, 0.15) is 43.3 Å². The maximum atomic E-state index is 12.0. The molecule has 0 fully saturated rings. The fourth-order valence-electron chi connectivity index (χ4n) is 1.51. The number of hydrogen-bond acceptors (Lipinski definition) is 2. The first-order chi connectivity index (χ1) is 7.35. The van der Waals surface area contributed by atoms with Gasteiger partial charge >= 0.3 is 0 Å². The highest BCUT2D eigenvalue weighted by Gasteiger charge is 2.21. The predicted molar refractivity (Wildman–Crippen MR) is 76.2 cm³/mol. The molecule has 16 heavy (non-hydrogen) atoms. The van der Waals surface area contributed by atoms with Crippen LogP contribution in [-0.2, 0) is 0 Å². The van der Waals surface area contributed by atoms with Gasteiger partial charge in [0.05, 0.1) is 8.66 Å². The van der Waals surface area contributed by atoms with Crippen molar-refractivity contribution in [1.29, 1.82) is 0 Å². The first kappa shape index (κ1) is 14.2. The Hall–Kier alpha value is 0.130. The summed E-state index contributed by atoms with van der Waals surface area (Å²) >= 11 is 8.20. The molecule has 90 valence electrons. The number of hydrogen-bond donors (Lipinski definition) is 1. The van der Waals surface area contributed by atoms with Crippen molar-refractivity contribution in [2.75, 3.05) is 0 Å². The second kappa shape index (κ2) is 5.65. The third-order valence-corrected chi connectivity index (χ3v) is 5.45. The van der Waals surface area contributed by atoms with Crippen molar-refractivity contribution in [1.82, 2.24) is 5.32 Å². The van der Waals surface area contributed by atoms with Gasteiger partial charge in [0.25, 0.3) is 5.91 Å². The summed E-state index contributed by atoms with van der Waals surface area (Å²) in [5, 5.41) is 3.04. The van der Waals surface area contributed by atoms with Crippen LogP contribution in [0.15, 0.2) is 14.3 Å². The van der Waals surface area contributed by atoms with E-state index < -0.39 is 0 Å². The Kier molecular flexibility index (Phi) is 5.01. The van der Waals surface area contributed by atoms with E-state index in [9.17, 15) is 4.79 Å². The second-order valence-electron chi connectivity index (χ2n) is 4.32. The SMILES string of the molecule is CCCC(C)(C)NC(=O)c1cc(Br)c(Br)s1. The highest BCUT2D eigenvalue weighted by molar-refractivity contribution is 9.13. The van der Waals surface area contributed by atoms with Gasteiger partial charge in [-0.25, -0.2) is 0 Å². The molecule has 0 saturated heterocycles. The van der Waals surface area contributed by atoms with Crippen LogP contribution >= 0.6 is 43.2 Å². The second-order valence-corrected chi connectivity index (χ2v) is 7.54. The maximum Gasteiger partial charge on any atom is 0.261 e. The summed E-state index contributed by atoms with van der Waals surface area (Å²) in [6, 6.07) is 1.84. The van der Waals surface area contributed by atoms with Crippen LogP contribution < -0.4 is 5.32 Å². The number of amides is 1. The number of carbonyl (C=O) groups excluding carboxylic acids is 1. The molecule has 0 aliphatic heterocycles. The molecule has 0 spiro atoms. The molecule has 1 heterocycles. The molecule has 0 unspecified atom stereocenters. The highest BCUT2D eigenvalue weighted by atomic mass is 79.9. The summed E-state index contributed by atoms with van der Waals surface area (Å²) < 4.78 is 1.88. The predicted octanol–water partition coefficient (Wildman–Crippen LogP) is 4.58. The molecule has 0 atom stereocenters. The lowest BCUT2D eigenvalue weighted by Crippen LogP contribution is -2.42. The van der Waals surface area contributed by atoms with Crippen LogP contribution in [0, 0.1) is 0 Å². The van der Waals surface area contributed by atoms with Crippen molar-refractivity contribution in [2.45, 2.75) is 39.2 Å². The van der Waals surface area contributed by atoms with E-state index >= 15 is 0 Å². The van der Waals surface area contributed by atoms with Gasteiger partial charge in [0.2, 0.25) is 0 Å². The van der Waals surface area contributed by atoms with Gasteiger partial charge in [0.1, 0.15) is 0 Å². The molecule has 0 aromatic carbocycles. The average Bonchev–Trinajstić information content (AvgIpc) is 2.46. The Labute approximate surface area is 117 Å². The third-order valence-electron chi connectivity index (χ3n) is 2.20. The quantitative estimate of drug-likeness (QED) is 0.827. The van der Waals surface area contributed by atoms with Crippen LogP contribution in [-0.4, -0.2) is 11.4 Å². The molecule has 0 aliphatic carbocycles. The lowest BCUT2D eigenvalue weighted by atomic mass is 9.99. The lowest BCUT2D eigenvalue weighted by molar-refractivity contribution is 0.0913. The van der Waals surface area contributed by atoms with Crippen molar-refractivity contribution in [3.8, 4) is 0 Å². The van der Waals surface area contributed by atoms with Gasteiger partial charge in [-0.2, -0.15) is 0 Å². The molecule has 5 heteroatoms. The maximum absolute atomic E-state index is 12.0. The molecule has 0 bridgehead atoms.